The van der Waals surface area contributed by atoms with Gasteiger partial charge >= 0.3 is 5.97 Å². The quantitative estimate of drug-likeness (QED) is 0.866. The summed E-state index contributed by atoms with van der Waals surface area (Å²) in [6.07, 6.45) is 6.24. The van der Waals surface area contributed by atoms with E-state index in [0.29, 0.717) is 5.92 Å². The third-order valence-corrected chi connectivity index (χ3v) is 4.19. The van der Waals surface area contributed by atoms with E-state index in [1.54, 1.807) is 0 Å². The summed E-state index contributed by atoms with van der Waals surface area (Å²) in [5.74, 6) is -0.0538. The zero-order valence-electron chi connectivity index (χ0n) is 10.3. The van der Waals surface area contributed by atoms with Gasteiger partial charge in [-0.3, -0.25) is 4.79 Å². The fraction of sp³-hybridized carbons (Fsp3) is 0.533. The lowest BCUT2D eigenvalue weighted by Crippen LogP contribution is -2.08. The van der Waals surface area contributed by atoms with Crippen LogP contribution in [0.15, 0.2) is 6.07 Å². The highest BCUT2D eigenvalue weighted by molar-refractivity contribution is 5.72. The van der Waals surface area contributed by atoms with E-state index in [1.165, 1.54) is 47.9 Å². The summed E-state index contributed by atoms with van der Waals surface area (Å²) in [7, 11) is 0. The molecule has 3 rings (SSSR count). The Bertz CT molecular complexity index is 484. The van der Waals surface area contributed by atoms with E-state index in [0.717, 1.165) is 12.0 Å². The predicted octanol–water partition coefficient (Wildman–Crippen LogP) is 2.99. The Labute approximate surface area is 102 Å². The van der Waals surface area contributed by atoms with Crippen molar-refractivity contribution in [3.63, 3.8) is 0 Å². The molecule has 1 saturated carbocycles. The van der Waals surface area contributed by atoms with Crippen LogP contribution in [0.1, 0.15) is 53.0 Å². The third-order valence-electron chi connectivity index (χ3n) is 4.19. The van der Waals surface area contributed by atoms with Gasteiger partial charge in [-0.25, -0.2) is 0 Å². The van der Waals surface area contributed by atoms with E-state index in [9.17, 15) is 4.79 Å². The van der Waals surface area contributed by atoms with Gasteiger partial charge in [0.15, 0.2) is 0 Å². The predicted molar refractivity (Wildman–Crippen MR) is 66.5 cm³/mol. The van der Waals surface area contributed by atoms with Gasteiger partial charge in [0.25, 0.3) is 0 Å². The molecule has 0 heterocycles. The number of hydrogen-bond donors (Lipinski definition) is 1. The van der Waals surface area contributed by atoms with Crippen molar-refractivity contribution in [2.24, 2.45) is 0 Å². The number of aliphatic carboxylic acids is 1. The normalized spacial score (nSPS) is 18.2. The molecule has 2 heteroatoms. The molecule has 17 heavy (non-hydrogen) atoms. The molecular weight excluding hydrogens is 212 g/mol. The van der Waals surface area contributed by atoms with Crippen molar-refractivity contribution in [3.05, 3.63) is 33.9 Å². The molecule has 0 aromatic heterocycles. The molecule has 2 nitrogen and oxygen atoms in total. The number of carbonyl (C=O) groups is 1. The monoisotopic (exact) mass is 230 g/mol. The Morgan fingerprint density at radius 2 is 2.18 bits per heavy atom. The van der Waals surface area contributed by atoms with Crippen LogP contribution in [-0.4, -0.2) is 11.1 Å². The summed E-state index contributed by atoms with van der Waals surface area (Å²) in [5.41, 5.74) is 6.64. The van der Waals surface area contributed by atoms with Gasteiger partial charge < -0.3 is 5.11 Å². The maximum absolute atomic E-state index is 11.0. The lowest BCUT2D eigenvalue weighted by molar-refractivity contribution is -0.136. The van der Waals surface area contributed by atoms with E-state index < -0.39 is 5.97 Å². The van der Waals surface area contributed by atoms with E-state index in [4.69, 9.17) is 5.11 Å². The van der Waals surface area contributed by atoms with Crippen molar-refractivity contribution in [2.45, 2.75) is 51.4 Å². The molecule has 0 radical (unpaired) electrons. The van der Waals surface area contributed by atoms with E-state index in [2.05, 4.69) is 13.0 Å². The van der Waals surface area contributed by atoms with Crippen molar-refractivity contribution in [2.75, 3.05) is 0 Å². The zero-order chi connectivity index (χ0) is 12.0. The van der Waals surface area contributed by atoms with E-state index >= 15 is 0 Å². The molecule has 0 spiro atoms. The van der Waals surface area contributed by atoms with E-state index in [-0.39, 0.29) is 6.42 Å². The molecule has 0 unspecified atom stereocenters. The van der Waals surface area contributed by atoms with Gasteiger partial charge in [-0.15, -0.1) is 0 Å². The second kappa shape index (κ2) is 3.86. The van der Waals surface area contributed by atoms with Crippen LogP contribution >= 0.6 is 0 Å². The average Bonchev–Trinajstić information content (AvgIpc) is 3.00. The molecule has 0 amide bonds. The minimum absolute atomic E-state index is 0.199. The first-order valence-corrected chi connectivity index (χ1v) is 6.52. The maximum atomic E-state index is 11.0. The molecule has 0 aliphatic heterocycles. The summed E-state index contributed by atoms with van der Waals surface area (Å²) in [4.78, 5) is 11.0. The van der Waals surface area contributed by atoms with Gasteiger partial charge in [0, 0.05) is 0 Å². The number of carboxylic acid groups (broad SMARTS) is 1. The minimum Gasteiger partial charge on any atom is -0.481 e. The number of hydrogen-bond acceptors (Lipinski definition) is 1. The van der Waals surface area contributed by atoms with Gasteiger partial charge in [-0.1, -0.05) is 6.07 Å². The van der Waals surface area contributed by atoms with E-state index in [1.807, 2.05) is 0 Å². The van der Waals surface area contributed by atoms with Gasteiger partial charge in [0.05, 0.1) is 6.42 Å². The minimum atomic E-state index is -0.701. The van der Waals surface area contributed by atoms with Crippen molar-refractivity contribution in [1.82, 2.24) is 0 Å². The largest absolute Gasteiger partial charge is 0.481 e. The van der Waals surface area contributed by atoms with Crippen molar-refractivity contribution in [1.29, 1.82) is 0 Å². The van der Waals surface area contributed by atoms with Gasteiger partial charge in [-0.05, 0) is 72.8 Å². The molecule has 2 aliphatic rings. The summed E-state index contributed by atoms with van der Waals surface area (Å²) in [6.45, 7) is 2.12. The average molecular weight is 230 g/mol. The van der Waals surface area contributed by atoms with Gasteiger partial charge in [0.1, 0.15) is 0 Å². The zero-order valence-corrected chi connectivity index (χ0v) is 10.3. The Balaban J connectivity index is 2.12. The first-order valence-electron chi connectivity index (χ1n) is 6.52. The van der Waals surface area contributed by atoms with Crippen LogP contribution in [0, 0.1) is 6.92 Å². The summed E-state index contributed by atoms with van der Waals surface area (Å²) < 4.78 is 0. The number of benzene rings is 1. The lowest BCUT2D eigenvalue weighted by Gasteiger charge is -2.15. The molecule has 1 aromatic rings. The smallest absolute Gasteiger partial charge is 0.307 e. The molecule has 0 saturated heterocycles. The Kier molecular flexibility index (Phi) is 2.46. The van der Waals surface area contributed by atoms with Crippen molar-refractivity contribution < 1.29 is 9.90 Å². The Morgan fingerprint density at radius 3 is 2.82 bits per heavy atom. The summed E-state index contributed by atoms with van der Waals surface area (Å²) >= 11 is 0. The van der Waals surface area contributed by atoms with Crippen molar-refractivity contribution in [3.8, 4) is 0 Å². The molecular formula is C15H18O2. The second-order valence-corrected chi connectivity index (χ2v) is 5.41. The fourth-order valence-corrected chi connectivity index (χ4v) is 3.17. The Hall–Kier alpha value is -1.31. The molecule has 0 bridgehead atoms. The first kappa shape index (κ1) is 10.8. The fourth-order valence-electron chi connectivity index (χ4n) is 3.17. The molecule has 1 aromatic carbocycles. The van der Waals surface area contributed by atoms with Crippen LogP contribution in [0.3, 0.4) is 0 Å². The van der Waals surface area contributed by atoms with Crippen LogP contribution in [0.25, 0.3) is 0 Å². The number of rotatable bonds is 3. The number of aryl methyl sites for hydroxylation is 1. The van der Waals surface area contributed by atoms with Gasteiger partial charge in [-0.2, -0.15) is 0 Å². The van der Waals surface area contributed by atoms with Crippen LogP contribution in [0.4, 0.5) is 0 Å². The maximum Gasteiger partial charge on any atom is 0.307 e. The van der Waals surface area contributed by atoms with Crippen LogP contribution in [0.5, 0.6) is 0 Å². The van der Waals surface area contributed by atoms with Gasteiger partial charge in [0.2, 0.25) is 0 Å². The standard InChI is InChI=1S/C15H18O2/c1-9-12-4-2-3-11(12)7-14(10-5-6-10)13(9)8-15(16)17/h7,10H,2-6,8H2,1H3,(H,16,17). The molecule has 0 atom stereocenters. The molecule has 90 valence electrons. The SMILES string of the molecule is Cc1c2c(cc(C3CC3)c1CC(=O)O)CCC2. The lowest BCUT2D eigenvalue weighted by atomic mass is 9.90. The number of carboxylic acids is 1. The van der Waals surface area contributed by atoms with Crippen LogP contribution in [-0.2, 0) is 24.1 Å². The number of fused-ring (bicyclic) bond motifs is 1. The highest BCUT2D eigenvalue weighted by Gasteiger charge is 2.30. The molecule has 1 N–H and O–H groups in total. The first-order chi connectivity index (χ1) is 8.16. The third kappa shape index (κ3) is 1.86. The highest BCUT2D eigenvalue weighted by Crippen LogP contribution is 2.44. The van der Waals surface area contributed by atoms with Crippen LogP contribution < -0.4 is 0 Å². The second-order valence-electron chi connectivity index (χ2n) is 5.41. The summed E-state index contributed by atoms with van der Waals surface area (Å²) in [6, 6.07) is 2.31. The molecule has 1 fully saturated rings. The highest BCUT2D eigenvalue weighted by atomic mass is 16.4. The summed E-state index contributed by atoms with van der Waals surface area (Å²) in [5, 5.41) is 9.07. The Morgan fingerprint density at radius 1 is 1.41 bits per heavy atom. The topological polar surface area (TPSA) is 37.3 Å². The molecule has 2 aliphatic carbocycles. The van der Waals surface area contributed by atoms with Crippen molar-refractivity contribution >= 4 is 5.97 Å². The van der Waals surface area contributed by atoms with Crippen LogP contribution in [0.2, 0.25) is 0 Å².